The van der Waals surface area contributed by atoms with Gasteiger partial charge >= 0.3 is 34.9 Å². The summed E-state index contributed by atoms with van der Waals surface area (Å²) in [7, 11) is 0. The van der Waals surface area contributed by atoms with E-state index in [1.807, 2.05) is 13.0 Å². The van der Waals surface area contributed by atoms with Crippen molar-refractivity contribution in [1.82, 2.24) is 0 Å². The maximum Gasteiger partial charge on any atom is 0.0876 e. The van der Waals surface area contributed by atoms with Crippen LogP contribution in [-0.4, -0.2) is 22.0 Å². The first kappa shape index (κ1) is 25.9. The Labute approximate surface area is 188 Å². The summed E-state index contributed by atoms with van der Waals surface area (Å²) in [5.41, 5.74) is 0. The molecule has 0 fully saturated rings. The Balaban J connectivity index is 0.000000430. The van der Waals surface area contributed by atoms with E-state index in [1.165, 1.54) is 45.8 Å². The van der Waals surface area contributed by atoms with E-state index >= 15 is 0 Å². The molecule has 1 aliphatic carbocycles. The van der Waals surface area contributed by atoms with Gasteiger partial charge in [-0.1, -0.05) is 36.4 Å². The fraction of sp³-hybridized carbons (Fsp3) is 0.182. The predicted octanol–water partition coefficient (Wildman–Crippen LogP) is -1.28. The second-order valence-electron chi connectivity index (χ2n) is 5.34. The third-order valence-electron chi connectivity index (χ3n) is 3.55. The van der Waals surface area contributed by atoms with Crippen molar-refractivity contribution in [1.29, 1.82) is 0 Å². The minimum Gasteiger partial charge on any atom is -1.00 e. The average Bonchev–Trinajstić information content (AvgIpc) is 3.28. The van der Waals surface area contributed by atoms with Crippen LogP contribution in [0.15, 0.2) is 72.5 Å². The Hall–Kier alpha value is -1.12. The summed E-state index contributed by atoms with van der Waals surface area (Å²) < 4.78 is 7.14. The summed E-state index contributed by atoms with van der Waals surface area (Å²) in [4.78, 5) is 0. The molecule has 3 aromatic carbocycles. The van der Waals surface area contributed by atoms with Crippen LogP contribution >= 0.6 is 0 Å². The van der Waals surface area contributed by atoms with E-state index in [2.05, 4.69) is 64.4 Å². The van der Waals surface area contributed by atoms with E-state index in [9.17, 15) is 0 Å². The summed E-state index contributed by atoms with van der Waals surface area (Å²) in [6, 6.07) is 19.3. The second-order valence-corrected chi connectivity index (χ2v) is 6.76. The molecular formula is C22H22Cl2O2Zr-2. The van der Waals surface area contributed by atoms with Crippen molar-refractivity contribution in [2.75, 3.05) is 13.2 Å². The van der Waals surface area contributed by atoms with Crippen molar-refractivity contribution in [2.24, 2.45) is 0 Å². The van der Waals surface area contributed by atoms with Crippen LogP contribution in [0.5, 0.6) is 0 Å². The van der Waals surface area contributed by atoms with Crippen molar-refractivity contribution in [2.45, 2.75) is 13.3 Å². The molecule has 0 atom stereocenters. The van der Waals surface area contributed by atoms with Gasteiger partial charge in [-0.15, -0.1) is 52.2 Å². The van der Waals surface area contributed by atoms with Gasteiger partial charge in [0, 0.05) is 0 Å². The van der Waals surface area contributed by atoms with E-state index in [0.29, 0.717) is 6.61 Å². The molecule has 0 heterocycles. The number of aliphatic hydroxyl groups excluding tert-OH is 1. The number of fused-ring (bicyclic) bond motifs is 3. The molecule has 0 saturated carbocycles. The molecule has 1 N–H and O–H groups in total. The van der Waals surface area contributed by atoms with Crippen molar-refractivity contribution in [3.8, 4) is 0 Å². The second kappa shape index (κ2) is 14.9. The minimum atomic E-state index is 0. The first-order valence-electron chi connectivity index (χ1n) is 8.28. The molecule has 5 heteroatoms. The molecule has 0 radical (unpaired) electrons. The van der Waals surface area contributed by atoms with E-state index in [4.69, 9.17) is 9.84 Å². The monoisotopic (exact) mass is 478 g/mol. The first-order valence-corrected chi connectivity index (χ1v) is 9.70. The third-order valence-corrected chi connectivity index (χ3v) is 3.55. The maximum absolute atomic E-state index is 8.34. The Morgan fingerprint density at radius 1 is 1.07 bits per heavy atom. The largest absolute Gasteiger partial charge is 1.00 e. The molecule has 3 aromatic rings. The van der Waals surface area contributed by atoms with E-state index < -0.39 is 0 Å². The van der Waals surface area contributed by atoms with Crippen LogP contribution in [0.3, 0.4) is 0 Å². The Morgan fingerprint density at radius 3 is 2.04 bits per heavy atom. The van der Waals surface area contributed by atoms with Gasteiger partial charge in [0.05, 0.1) is 13.2 Å². The van der Waals surface area contributed by atoms with E-state index in [1.54, 1.807) is 6.08 Å². The molecule has 27 heavy (non-hydrogen) atoms. The van der Waals surface area contributed by atoms with E-state index in [-0.39, 0.29) is 31.4 Å². The standard InChI is InChI=1S/C13H9.C7H9O2.C2H4.2ClH.Zr/c1-3-7-12-10(5-1)9-11-6-2-4-8-13(11)12;8-5-6-9-7-3-1-2-4-7;1-2;;;/h1-9H;3-4,8H,1,5-6H2;1H,2H3;2*1H;/q2*-1;;;;+2/p-2. The molecular weight excluding hydrogens is 458 g/mol. The summed E-state index contributed by atoms with van der Waals surface area (Å²) in [5, 5.41) is 13.7. The normalized spacial score (nSPS) is 11.2. The molecule has 0 unspecified atom stereocenters. The minimum absolute atomic E-state index is 0. The number of hydrogen-bond donors (Lipinski definition) is 1. The van der Waals surface area contributed by atoms with Gasteiger partial charge in [-0.2, -0.15) is 6.08 Å². The molecule has 0 amide bonds. The fourth-order valence-corrected chi connectivity index (χ4v) is 2.55. The molecule has 4 rings (SSSR count). The fourth-order valence-electron chi connectivity index (χ4n) is 2.55. The van der Waals surface area contributed by atoms with Crippen molar-refractivity contribution < 1.29 is 58.9 Å². The molecule has 0 bridgehead atoms. The van der Waals surface area contributed by atoms with Gasteiger partial charge in [-0.05, 0) is 5.76 Å². The smallest absolute Gasteiger partial charge is 0.0876 e. The zero-order chi connectivity index (χ0) is 17.9. The molecule has 0 aromatic heterocycles. The van der Waals surface area contributed by atoms with Gasteiger partial charge in [-0.3, -0.25) is 6.08 Å². The van der Waals surface area contributed by atoms with Crippen molar-refractivity contribution >= 4 is 25.3 Å². The summed E-state index contributed by atoms with van der Waals surface area (Å²) in [6.07, 6.45) is 7.50. The summed E-state index contributed by atoms with van der Waals surface area (Å²) in [6.45, 7) is 2.49. The molecule has 1 aliphatic rings. The molecule has 0 aliphatic heterocycles. The zero-order valence-corrected chi connectivity index (χ0v) is 19.1. The molecule has 2 nitrogen and oxygen atoms in total. The predicted molar refractivity (Wildman–Crippen MR) is 102 cm³/mol. The van der Waals surface area contributed by atoms with Crippen LogP contribution in [-0.2, 0) is 29.0 Å². The van der Waals surface area contributed by atoms with Gasteiger partial charge < -0.3 is 34.7 Å². The molecule has 0 saturated heterocycles. The first-order chi connectivity index (χ1) is 12.3. The van der Waals surface area contributed by atoms with Crippen LogP contribution in [0.25, 0.3) is 21.5 Å². The van der Waals surface area contributed by atoms with Gasteiger partial charge in [0.2, 0.25) is 0 Å². The van der Waals surface area contributed by atoms with Crippen LogP contribution in [0, 0.1) is 6.08 Å². The van der Waals surface area contributed by atoms with Crippen LogP contribution in [0.1, 0.15) is 13.3 Å². The number of aliphatic hydroxyl groups is 1. The quantitative estimate of drug-likeness (QED) is 0.474. The number of ether oxygens (including phenoxy) is 1. The number of hydrogen-bond acceptors (Lipinski definition) is 2. The van der Waals surface area contributed by atoms with Gasteiger partial charge in [0.25, 0.3) is 0 Å². The average molecular weight is 481 g/mol. The van der Waals surface area contributed by atoms with Gasteiger partial charge in [0.15, 0.2) is 0 Å². The number of benzene rings is 2. The van der Waals surface area contributed by atoms with Crippen LogP contribution < -0.4 is 24.8 Å². The van der Waals surface area contributed by atoms with Crippen molar-refractivity contribution in [3.63, 3.8) is 0 Å². The topological polar surface area (TPSA) is 29.5 Å². The number of allylic oxidation sites excluding steroid dienone is 3. The van der Waals surface area contributed by atoms with Crippen LogP contribution in [0.2, 0.25) is 0 Å². The summed E-state index contributed by atoms with van der Waals surface area (Å²) >= 11 is 1.51. The van der Waals surface area contributed by atoms with Crippen LogP contribution in [0.4, 0.5) is 0 Å². The molecule has 0 spiro atoms. The Kier molecular flexibility index (Phi) is 14.3. The Bertz CT molecular complexity index is 819. The third kappa shape index (κ3) is 8.19. The van der Waals surface area contributed by atoms with Gasteiger partial charge in [-0.25, -0.2) is 0 Å². The molecule has 142 valence electrons. The SMILES string of the molecule is C[CH]=[Zr+2].OCCOC1=CC[C-]=C1.[Cl-].[Cl-].c1ccc2c(c1)[cH-]c1ccccc12. The zero-order valence-electron chi connectivity index (χ0n) is 15.2. The number of halogens is 2. The van der Waals surface area contributed by atoms with E-state index in [0.717, 1.165) is 12.2 Å². The maximum atomic E-state index is 8.34. The van der Waals surface area contributed by atoms with Gasteiger partial charge in [0.1, 0.15) is 0 Å². The summed E-state index contributed by atoms with van der Waals surface area (Å²) in [5.74, 6) is 0.823. The van der Waals surface area contributed by atoms with Crippen molar-refractivity contribution in [3.05, 3.63) is 78.6 Å². The Morgan fingerprint density at radius 2 is 1.59 bits per heavy atom. The number of rotatable bonds is 3.